The molecule has 1 unspecified atom stereocenters. The van der Waals surface area contributed by atoms with Crippen LogP contribution < -0.4 is 0 Å². The number of hydrogen-bond donors (Lipinski definition) is 0. The lowest BCUT2D eigenvalue weighted by Crippen LogP contribution is -2.41. The Morgan fingerprint density at radius 2 is 2.00 bits per heavy atom. The molecule has 2 heterocycles. The van der Waals surface area contributed by atoms with Crippen molar-refractivity contribution in [1.29, 1.82) is 0 Å². The Morgan fingerprint density at radius 3 is 2.65 bits per heavy atom. The van der Waals surface area contributed by atoms with Crippen molar-refractivity contribution >= 4 is 21.4 Å². The molecule has 0 radical (unpaired) electrons. The number of nitrogens with zero attached hydrogens (tertiary/aromatic N) is 2. The number of sulfonamides is 1. The number of hydrogen-bond acceptors (Lipinski definition) is 4. The van der Waals surface area contributed by atoms with E-state index in [1.165, 1.54) is 16.9 Å². The van der Waals surface area contributed by atoms with E-state index in [4.69, 9.17) is 0 Å². The third-order valence-electron chi connectivity index (χ3n) is 4.27. The maximum Gasteiger partial charge on any atom is 0.252 e. The zero-order chi connectivity index (χ0) is 16.3. The molecule has 1 atom stereocenters. The number of likely N-dealkylation sites (N-methyl/N-ethyl adjacent to an activating group) is 1. The normalized spacial score (nSPS) is 19.5. The Bertz CT molecular complexity index is 714. The van der Waals surface area contributed by atoms with Gasteiger partial charge in [-0.15, -0.1) is 11.3 Å². The predicted molar refractivity (Wildman–Crippen MR) is 94.0 cm³/mol. The van der Waals surface area contributed by atoms with Crippen molar-refractivity contribution in [2.45, 2.75) is 30.1 Å². The Balaban J connectivity index is 1.69. The lowest BCUT2D eigenvalue weighted by molar-refractivity contribution is 0.286. The van der Waals surface area contributed by atoms with Gasteiger partial charge in [-0.2, -0.15) is 4.31 Å². The van der Waals surface area contributed by atoms with E-state index in [1.54, 1.807) is 16.4 Å². The maximum absolute atomic E-state index is 12.8. The monoisotopic (exact) mass is 350 g/mol. The summed E-state index contributed by atoms with van der Waals surface area (Å²) in [5, 5.41) is 1.82. The standard InChI is InChI=1S/C17H22N2O2S2/c1-2-19(23(20,21)17-9-6-12-22-17)16-10-11-18(14-16)13-15-7-4-3-5-8-15/h3-9,12,16H,2,10-11,13-14H2,1H3. The van der Waals surface area contributed by atoms with Gasteiger partial charge in [0.25, 0.3) is 10.0 Å². The molecule has 1 aliphatic heterocycles. The average Bonchev–Trinajstić information content (AvgIpc) is 3.21. The van der Waals surface area contributed by atoms with Crippen LogP contribution in [-0.2, 0) is 16.6 Å². The van der Waals surface area contributed by atoms with Gasteiger partial charge >= 0.3 is 0 Å². The predicted octanol–water partition coefficient (Wildman–Crippen LogP) is 3.03. The highest BCUT2D eigenvalue weighted by Gasteiger charge is 2.35. The van der Waals surface area contributed by atoms with Gasteiger partial charge in [0.1, 0.15) is 4.21 Å². The van der Waals surface area contributed by atoms with Crippen molar-refractivity contribution in [2.24, 2.45) is 0 Å². The highest BCUT2D eigenvalue weighted by Crippen LogP contribution is 2.26. The van der Waals surface area contributed by atoms with Crippen LogP contribution in [0.5, 0.6) is 0 Å². The summed E-state index contributed by atoms with van der Waals surface area (Å²) in [6.07, 6.45) is 0.894. The summed E-state index contributed by atoms with van der Waals surface area (Å²) in [6.45, 7) is 5.06. The van der Waals surface area contributed by atoms with Gasteiger partial charge in [0.2, 0.25) is 0 Å². The summed E-state index contributed by atoms with van der Waals surface area (Å²) < 4.78 is 27.7. The van der Waals surface area contributed by atoms with E-state index in [2.05, 4.69) is 17.0 Å². The zero-order valence-electron chi connectivity index (χ0n) is 13.3. The minimum absolute atomic E-state index is 0.0656. The molecular weight excluding hydrogens is 328 g/mol. The van der Waals surface area contributed by atoms with Gasteiger partial charge in [-0.25, -0.2) is 8.42 Å². The number of benzene rings is 1. The third kappa shape index (κ3) is 3.66. The molecule has 0 N–H and O–H groups in total. The van der Waals surface area contributed by atoms with Crippen LogP contribution in [0.3, 0.4) is 0 Å². The van der Waals surface area contributed by atoms with E-state index in [-0.39, 0.29) is 6.04 Å². The molecule has 0 bridgehead atoms. The maximum atomic E-state index is 12.8. The fourth-order valence-electron chi connectivity index (χ4n) is 3.18. The fourth-order valence-corrected chi connectivity index (χ4v) is 5.96. The fraction of sp³-hybridized carbons (Fsp3) is 0.412. The van der Waals surface area contributed by atoms with E-state index >= 15 is 0 Å². The third-order valence-corrected chi connectivity index (χ3v) is 7.67. The largest absolute Gasteiger partial charge is 0.297 e. The van der Waals surface area contributed by atoms with Crippen molar-refractivity contribution in [3.8, 4) is 0 Å². The van der Waals surface area contributed by atoms with Crippen LogP contribution in [-0.4, -0.2) is 43.3 Å². The van der Waals surface area contributed by atoms with Crippen LogP contribution in [0.25, 0.3) is 0 Å². The van der Waals surface area contributed by atoms with Crippen LogP contribution >= 0.6 is 11.3 Å². The molecule has 1 aromatic heterocycles. The van der Waals surface area contributed by atoms with E-state index in [0.29, 0.717) is 10.8 Å². The molecule has 3 rings (SSSR count). The number of thiophene rings is 1. The van der Waals surface area contributed by atoms with Gasteiger partial charge in [0.15, 0.2) is 0 Å². The van der Waals surface area contributed by atoms with Crippen molar-refractivity contribution in [3.05, 3.63) is 53.4 Å². The first-order valence-corrected chi connectivity index (χ1v) is 10.2. The molecule has 1 aromatic carbocycles. The van der Waals surface area contributed by atoms with Gasteiger partial charge in [-0.05, 0) is 23.4 Å². The Hall–Kier alpha value is -1.21. The molecule has 1 aliphatic rings. The first kappa shape index (κ1) is 16.6. The second-order valence-electron chi connectivity index (χ2n) is 5.80. The minimum atomic E-state index is -3.36. The summed E-state index contributed by atoms with van der Waals surface area (Å²) >= 11 is 1.29. The first-order chi connectivity index (χ1) is 11.1. The van der Waals surface area contributed by atoms with Gasteiger partial charge < -0.3 is 0 Å². The number of likely N-dealkylation sites (tertiary alicyclic amines) is 1. The average molecular weight is 351 g/mol. The molecule has 0 amide bonds. The van der Waals surface area contributed by atoms with Gasteiger partial charge in [-0.1, -0.05) is 43.3 Å². The molecule has 6 heteroatoms. The van der Waals surface area contributed by atoms with Gasteiger partial charge in [0.05, 0.1) is 0 Å². The number of rotatable bonds is 6. The molecule has 0 saturated carbocycles. The molecule has 0 spiro atoms. The summed E-state index contributed by atoms with van der Waals surface area (Å²) in [5.41, 5.74) is 1.28. The zero-order valence-corrected chi connectivity index (χ0v) is 14.9. The Labute approximate surface area is 142 Å². The summed E-state index contributed by atoms with van der Waals surface area (Å²) in [4.78, 5) is 2.34. The highest BCUT2D eigenvalue weighted by molar-refractivity contribution is 7.91. The molecule has 4 nitrogen and oxygen atoms in total. The topological polar surface area (TPSA) is 40.6 Å². The second-order valence-corrected chi connectivity index (χ2v) is 8.87. The van der Waals surface area contributed by atoms with Crippen LogP contribution in [0.1, 0.15) is 18.9 Å². The smallest absolute Gasteiger partial charge is 0.252 e. The quantitative estimate of drug-likeness (QED) is 0.804. The molecule has 124 valence electrons. The van der Waals surface area contributed by atoms with E-state index < -0.39 is 10.0 Å². The molecule has 2 aromatic rings. The van der Waals surface area contributed by atoms with Gasteiger partial charge in [-0.3, -0.25) is 4.90 Å². The minimum Gasteiger partial charge on any atom is -0.297 e. The lowest BCUT2D eigenvalue weighted by atomic mass is 10.2. The lowest BCUT2D eigenvalue weighted by Gasteiger charge is -2.26. The van der Waals surface area contributed by atoms with Crippen LogP contribution in [0.2, 0.25) is 0 Å². The van der Waals surface area contributed by atoms with E-state index in [9.17, 15) is 8.42 Å². The molecule has 1 saturated heterocycles. The van der Waals surface area contributed by atoms with E-state index in [1.807, 2.05) is 30.5 Å². The Kier molecular flexibility index (Phi) is 5.16. The SMILES string of the molecule is CCN(C1CCN(Cc2ccccc2)C1)S(=O)(=O)c1cccs1. The van der Waals surface area contributed by atoms with Crippen LogP contribution in [0.4, 0.5) is 0 Å². The van der Waals surface area contributed by atoms with Crippen LogP contribution in [0, 0.1) is 0 Å². The van der Waals surface area contributed by atoms with Crippen molar-refractivity contribution in [1.82, 2.24) is 9.21 Å². The molecule has 1 fully saturated rings. The highest BCUT2D eigenvalue weighted by atomic mass is 32.2. The summed E-state index contributed by atoms with van der Waals surface area (Å²) in [6, 6.07) is 13.9. The molecule has 0 aliphatic carbocycles. The first-order valence-electron chi connectivity index (χ1n) is 7.93. The summed E-state index contributed by atoms with van der Waals surface area (Å²) in [7, 11) is -3.36. The van der Waals surface area contributed by atoms with E-state index in [0.717, 1.165) is 26.1 Å². The van der Waals surface area contributed by atoms with Crippen molar-refractivity contribution in [2.75, 3.05) is 19.6 Å². The van der Waals surface area contributed by atoms with Crippen molar-refractivity contribution in [3.63, 3.8) is 0 Å². The second kappa shape index (κ2) is 7.13. The Morgan fingerprint density at radius 1 is 1.22 bits per heavy atom. The molecule has 23 heavy (non-hydrogen) atoms. The van der Waals surface area contributed by atoms with Crippen molar-refractivity contribution < 1.29 is 8.42 Å². The van der Waals surface area contributed by atoms with Gasteiger partial charge in [0, 0.05) is 32.2 Å². The van der Waals surface area contributed by atoms with Crippen LogP contribution in [0.15, 0.2) is 52.1 Å². The molecular formula is C17H22N2O2S2. The summed E-state index contributed by atoms with van der Waals surface area (Å²) in [5.74, 6) is 0.